The molecule has 1 aliphatic rings. The molecule has 2 aromatic heterocycles. The molecular weight excluding hydrogens is 348 g/mol. The van der Waals surface area contributed by atoms with Gasteiger partial charge in [-0.1, -0.05) is 0 Å². The summed E-state index contributed by atoms with van der Waals surface area (Å²) in [6.07, 6.45) is 5.27. The molecule has 0 N–H and O–H groups in total. The van der Waals surface area contributed by atoms with Crippen LogP contribution in [0.2, 0.25) is 0 Å². The molecule has 1 aliphatic heterocycles. The summed E-state index contributed by atoms with van der Waals surface area (Å²) >= 11 is 0. The predicted octanol–water partition coefficient (Wildman–Crippen LogP) is 4.00. The van der Waals surface area contributed by atoms with Crippen LogP contribution in [0.25, 0.3) is 21.9 Å². The van der Waals surface area contributed by atoms with Crippen LogP contribution in [0.5, 0.6) is 5.75 Å². The number of fused-ring (bicyclic) bond motifs is 2. The third kappa shape index (κ3) is 3.17. The van der Waals surface area contributed by atoms with E-state index in [-0.39, 0.29) is 12.4 Å². The van der Waals surface area contributed by atoms with Crippen molar-refractivity contribution in [1.82, 2.24) is 0 Å². The Kier molecular flexibility index (Phi) is 3.96. The van der Waals surface area contributed by atoms with Crippen LogP contribution in [-0.2, 0) is 9.53 Å². The van der Waals surface area contributed by atoms with Crippen molar-refractivity contribution in [3.63, 3.8) is 0 Å². The van der Waals surface area contributed by atoms with E-state index in [1.807, 2.05) is 13.8 Å². The van der Waals surface area contributed by atoms with Gasteiger partial charge in [0.25, 0.3) is 0 Å². The van der Waals surface area contributed by atoms with Crippen LogP contribution in [0.15, 0.2) is 56.3 Å². The lowest BCUT2D eigenvalue weighted by Crippen LogP contribution is -2.48. The van der Waals surface area contributed by atoms with E-state index in [9.17, 15) is 9.59 Å². The van der Waals surface area contributed by atoms with Crippen LogP contribution in [0.3, 0.4) is 0 Å². The normalized spacial score (nSPS) is 21.8. The predicted molar refractivity (Wildman–Crippen MR) is 100 cm³/mol. The number of hydrogen-bond donors (Lipinski definition) is 0. The number of furan rings is 1. The first-order valence-electron chi connectivity index (χ1n) is 8.78. The fourth-order valence-corrected chi connectivity index (χ4v) is 3.41. The van der Waals surface area contributed by atoms with Gasteiger partial charge in [0, 0.05) is 18.6 Å². The first-order valence-corrected chi connectivity index (χ1v) is 8.78. The number of benzene rings is 1. The monoisotopic (exact) mass is 368 g/mol. The number of hydrogen-bond acceptors (Lipinski definition) is 6. The van der Waals surface area contributed by atoms with Gasteiger partial charge in [0.15, 0.2) is 5.78 Å². The van der Waals surface area contributed by atoms with Crippen LogP contribution < -0.4 is 10.4 Å². The second kappa shape index (κ2) is 6.09. The summed E-state index contributed by atoms with van der Waals surface area (Å²) in [6, 6.07) is 6.48. The third-order valence-corrected chi connectivity index (χ3v) is 4.78. The molecule has 6 nitrogen and oxygen atoms in total. The van der Waals surface area contributed by atoms with Gasteiger partial charge in [0.2, 0.25) is 0 Å². The molecule has 0 spiro atoms. The smallest absolute Gasteiger partial charge is 0.336 e. The molecule has 4 rings (SSSR count). The summed E-state index contributed by atoms with van der Waals surface area (Å²) in [5.41, 5.74) is -0.955. The average molecular weight is 368 g/mol. The van der Waals surface area contributed by atoms with Crippen molar-refractivity contribution < 1.29 is 23.1 Å². The molecular formula is C21H20O6. The number of rotatable bonds is 4. The van der Waals surface area contributed by atoms with Gasteiger partial charge in [-0.15, -0.1) is 0 Å². The minimum absolute atomic E-state index is 0.0807. The summed E-state index contributed by atoms with van der Waals surface area (Å²) < 4.78 is 22.7. The maximum Gasteiger partial charge on any atom is 0.336 e. The first-order chi connectivity index (χ1) is 12.8. The lowest BCUT2D eigenvalue weighted by molar-refractivity contribution is -0.158. The molecule has 0 amide bonds. The highest BCUT2D eigenvalue weighted by molar-refractivity contribution is 6.01. The summed E-state index contributed by atoms with van der Waals surface area (Å²) in [5.74, 6) is 0.476. The number of ketones is 1. The van der Waals surface area contributed by atoms with Crippen molar-refractivity contribution >= 4 is 27.7 Å². The Morgan fingerprint density at radius 1 is 1.04 bits per heavy atom. The molecule has 27 heavy (non-hydrogen) atoms. The van der Waals surface area contributed by atoms with Gasteiger partial charge in [-0.05, 0) is 45.1 Å². The van der Waals surface area contributed by atoms with E-state index in [0.29, 0.717) is 28.7 Å². The van der Waals surface area contributed by atoms with E-state index in [1.54, 1.807) is 43.5 Å². The van der Waals surface area contributed by atoms with E-state index < -0.39 is 16.8 Å². The molecule has 0 radical (unpaired) electrons. The van der Waals surface area contributed by atoms with Gasteiger partial charge in [0.1, 0.15) is 22.5 Å². The zero-order valence-electron chi connectivity index (χ0n) is 15.4. The van der Waals surface area contributed by atoms with Gasteiger partial charge in [-0.25, -0.2) is 4.79 Å². The van der Waals surface area contributed by atoms with E-state index in [4.69, 9.17) is 18.3 Å². The Hall–Kier alpha value is -2.86. The summed E-state index contributed by atoms with van der Waals surface area (Å²) in [7, 11) is 0. The fourth-order valence-electron chi connectivity index (χ4n) is 3.41. The second-order valence-corrected chi connectivity index (χ2v) is 7.44. The highest BCUT2D eigenvalue weighted by Crippen LogP contribution is 2.36. The van der Waals surface area contributed by atoms with Crippen LogP contribution in [0.4, 0.5) is 0 Å². The van der Waals surface area contributed by atoms with E-state index in [1.165, 1.54) is 6.07 Å². The third-order valence-electron chi connectivity index (χ3n) is 4.78. The molecule has 6 heteroatoms. The Labute approximate surface area is 155 Å². The first kappa shape index (κ1) is 17.5. The Bertz CT molecular complexity index is 1120. The van der Waals surface area contributed by atoms with Crippen LogP contribution in [-0.4, -0.2) is 23.6 Å². The molecule has 0 fully saturated rings. The molecule has 1 unspecified atom stereocenters. The van der Waals surface area contributed by atoms with E-state index >= 15 is 0 Å². The molecule has 0 saturated heterocycles. The molecule has 3 heterocycles. The summed E-state index contributed by atoms with van der Waals surface area (Å²) in [6.45, 7) is 5.86. The SMILES string of the molecule is CC1(C)C=CC(=O)C(C)(CCOc2c3ccoc3cc3oc(=O)ccc23)O1. The van der Waals surface area contributed by atoms with E-state index in [0.717, 1.165) is 5.39 Å². The van der Waals surface area contributed by atoms with E-state index in [2.05, 4.69) is 0 Å². The van der Waals surface area contributed by atoms with Crippen LogP contribution >= 0.6 is 0 Å². The highest BCUT2D eigenvalue weighted by atomic mass is 16.5. The summed E-state index contributed by atoms with van der Waals surface area (Å²) in [5, 5.41) is 1.45. The van der Waals surface area contributed by atoms with Crippen molar-refractivity contribution in [3.05, 3.63) is 53.1 Å². The molecule has 140 valence electrons. The summed E-state index contributed by atoms with van der Waals surface area (Å²) in [4.78, 5) is 23.9. The van der Waals surface area contributed by atoms with Gasteiger partial charge in [-0.3, -0.25) is 4.79 Å². The second-order valence-electron chi connectivity index (χ2n) is 7.44. The largest absolute Gasteiger partial charge is 0.492 e. The fraction of sp³-hybridized carbons (Fsp3) is 0.333. The van der Waals surface area contributed by atoms with Gasteiger partial charge >= 0.3 is 5.63 Å². The topological polar surface area (TPSA) is 78.9 Å². The van der Waals surface area contributed by atoms with Crippen molar-refractivity contribution in [3.8, 4) is 5.75 Å². The minimum Gasteiger partial charge on any atom is -0.492 e. The Morgan fingerprint density at radius 3 is 2.63 bits per heavy atom. The van der Waals surface area contributed by atoms with Crippen molar-refractivity contribution in [2.75, 3.05) is 6.61 Å². The van der Waals surface area contributed by atoms with Gasteiger partial charge in [0.05, 0.1) is 29.2 Å². The zero-order chi connectivity index (χ0) is 19.2. The highest BCUT2D eigenvalue weighted by Gasteiger charge is 2.40. The Morgan fingerprint density at radius 2 is 1.81 bits per heavy atom. The minimum atomic E-state index is -0.953. The quantitative estimate of drug-likeness (QED) is 0.648. The van der Waals surface area contributed by atoms with Gasteiger partial charge < -0.3 is 18.3 Å². The maximum atomic E-state index is 12.3. The lowest BCUT2D eigenvalue weighted by Gasteiger charge is -2.38. The molecule has 0 aliphatic carbocycles. The number of carbonyl (C=O) groups is 1. The molecule has 1 atom stereocenters. The molecule has 1 aromatic carbocycles. The number of ether oxygens (including phenoxy) is 2. The lowest BCUT2D eigenvalue weighted by atomic mass is 9.90. The molecule has 0 bridgehead atoms. The van der Waals surface area contributed by atoms with Crippen molar-refractivity contribution in [2.24, 2.45) is 0 Å². The average Bonchev–Trinajstić information content (AvgIpc) is 3.05. The zero-order valence-corrected chi connectivity index (χ0v) is 15.4. The number of carbonyl (C=O) groups excluding carboxylic acids is 1. The molecule has 3 aromatic rings. The standard InChI is InChI=1S/C21H20O6/c1-20(2)8-6-17(22)21(3,27-20)9-11-25-19-13-4-5-18(23)26-16(13)12-15-14(19)7-10-24-15/h4-8,10,12H,9,11H2,1-3H3. The van der Waals surface area contributed by atoms with Crippen molar-refractivity contribution in [2.45, 2.75) is 38.4 Å². The Balaban J connectivity index is 1.64. The van der Waals surface area contributed by atoms with Crippen LogP contribution in [0, 0.1) is 0 Å². The van der Waals surface area contributed by atoms with Crippen molar-refractivity contribution in [1.29, 1.82) is 0 Å². The van der Waals surface area contributed by atoms with Gasteiger partial charge in [-0.2, -0.15) is 0 Å². The molecule has 0 saturated carbocycles. The van der Waals surface area contributed by atoms with Crippen LogP contribution in [0.1, 0.15) is 27.2 Å². The maximum absolute atomic E-state index is 12.3.